The van der Waals surface area contributed by atoms with Crippen molar-refractivity contribution in [3.63, 3.8) is 0 Å². The molecule has 0 spiro atoms. The third kappa shape index (κ3) is 4.35. The van der Waals surface area contributed by atoms with Gasteiger partial charge < -0.3 is 19.2 Å². The van der Waals surface area contributed by atoms with Gasteiger partial charge in [-0.1, -0.05) is 12.1 Å². The van der Waals surface area contributed by atoms with Gasteiger partial charge in [-0.3, -0.25) is 4.79 Å². The fraction of sp³-hybridized carbons (Fsp3) is 0.320. The van der Waals surface area contributed by atoms with Crippen molar-refractivity contribution >= 4 is 22.4 Å². The van der Waals surface area contributed by atoms with Gasteiger partial charge in [-0.2, -0.15) is 0 Å². The van der Waals surface area contributed by atoms with E-state index in [1.54, 1.807) is 20.3 Å². The number of fused-ring (bicyclic) bond motifs is 1. The number of allylic oxidation sites excluding steroid dienone is 1. The van der Waals surface area contributed by atoms with E-state index in [9.17, 15) is 4.79 Å². The molecular weight excluding hydrogens is 378 g/mol. The summed E-state index contributed by atoms with van der Waals surface area (Å²) in [5, 5.41) is 4.01. The number of hydrogen-bond donors (Lipinski definition) is 1. The van der Waals surface area contributed by atoms with Crippen molar-refractivity contribution in [3.8, 4) is 11.5 Å². The van der Waals surface area contributed by atoms with Gasteiger partial charge in [-0.05, 0) is 69.0 Å². The first-order chi connectivity index (χ1) is 14.3. The summed E-state index contributed by atoms with van der Waals surface area (Å²) in [5.41, 5.74) is 5.73. The van der Waals surface area contributed by atoms with Crippen LogP contribution in [0.3, 0.4) is 0 Å². The van der Waals surface area contributed by atoms with E-state index >= 15 is 0 Å². The van der Waals surface area contributed by atoms with E-state index < -0.39 is 0 Å². The van der Waals surface area contributed by atoms with Crippen LogP contribution in [0.1, 0.15) is 34.9 Å². The molecule has 0 bridgehead atoms. The predicted molar refractivity (Wildman–Crippen MR) is 120 cm³/mol. The van der Waals surface area contributed by atoms with E-state index in [0.29, 0.717) is 6.54 Å². The van der Waals surface area contributed by atoms with Crippen LogP contribution in [0.25, 0.3) is 16.5 Å². The van der Waals surface area contributed by atoms with Gasteiger partial charge >= 0.3 is 0 Å². The molecule has 0 radical (unpaired) electrons. The first-order valence-electron chi connectivity index (χ1n) is 10.0. The molecule has 0 fully saturated rings. The number of rotatable bonds is 7. The highest BCUT2D eigenvalue weighted by molar-refractivity contribution is 5.98. The number of amides is 1. The molecule has 30 heavy (non-hydrogen) atoms. The average Bonchev–Trinajstić information content (AvgIpc) is 3.02. The van der Waals surface area contributed by atoms with Gasteiger partial charge in [0, 0.05) is 29.1 Å². The second kappa shape index (κ2) is 9.08. The topological polar surface area (TPSA) is 60.7 Å². The third-order valence-corrected chi connectivity index (χ3v) is 5.47. The number of ether oxygens (including phenoxy) is 2. The number of nitrogens with one attached hydrogen (secondary N) is 1. The first kappa shape index (κ1) is 21.5. The van der Waals surface area contributed by atoms with Gasteiger partial charge in [0.25, 0.3) is 0 Å². The number of carbonyl (C=O) groups excluding carboxylic acids is 1. The van der Waals surface area contributed by atoms with Gasteiger partial charge in [-0.15, -0.1) is 0 Å². The third-order valence-electron chi connectivity index (χ3n) is 5.47. The smallest absolute Gasteiger partial charge is 0.244 e. The Kier molecular flexibility index (Phi) is 6.50. The van der Waals surface area contributed by atoms with E-state index in [0.717, 1.165) is 62.5 Å². The van der Waals surface area contributed by atoms with E-state index in [1.807, 2.05) is 58.0 Å². The van der Waals surface area contributed by atoms with Gasteiger partial charge in [0.2, 0.25) is 5.91 Å². The second-order valence-electron chi connectivity index (χ2n) is 7.46. The number of furan rings is 1. The molecule has 2 aromatic carbocycles. The Bertz CT molecular complexity index is 1110. The predicted octanol–water partition coefficient (Wildman–Crippen LogP) is 5.14. The molecule has 1 aromatic heterocycles. The number of benzene rings is 2. The van der Waals surface area contributed by atoms with E-state index in [-0.39, 0.29) is 5.91 Å². The normalized spacial score (nSPS) is 11.6. The van der Waals surface area contributed by atoms with Crippen molar-refractivity contribution in [2.45, 2.75) is 34.1 Å². The average molecular weight is 408 g/mol. The van der Waals surface area contributed by atoms with Gasteiger partial charge in [0.1, 0.15) is 22.8 Å². The van der Waals surface area contributed by atoms with Gasteiger partial charge in [0.15, 0.2) is 0 Å². The number of methoxy groups -OCH3 is 2. The van der Waals surface area contributed by atoms with Gasteiger partial charge in [0.05, 0.1) is 14.2 Å². The quantitative estimate of drug-likeness (QED) is 0.551. The molecule has 0 atom stereocenters. The van der Waals surface area contributed by atoms with Crippen LogP contribution in [0.5, 0.6) is 11.5 Å². The SMILES string of the molecule is COc1cccc(CCNC(=O)/C=C(\C)c2cc3c(C)c(C)oc3c(C)c2OC)c1. The van der Waals surface area contributed by atoms with Gasteiger partial charge in [-0.25, -0.2) is 0 Å². The Balaban J connectivity index is 1.77. The molecule has 1 heterocycles. The maximum atomic E-state index is 12.5. The molecule has 0 aliphatic rings. The van der Waals surface area contributed by atoms with Crippen molar-refractivity contribution in [2.75, 3.05) is 20.8 Å². The highest BCUT2D eigenvalue weighted by Crippen LogP contribution is 2.38. The lowest BCUT2D eigenvalue weighted by molar-refractivity contribution is -0.116. The summed E-state index contributed by atoms with van der Waals surface area (Å²) in [6.45, 7) is 8.45. The number of aryl methyl sites for hydroxylation is 3. The minimum atomic E-state index is -0.129. The largest absolute Gasteiger partial charge is 0.497 e. The maximum Gasteiger partial charge on any atom is 0.244 e. The lowest BCUT2D eigenvalue weighted by Gasteiger charge is -2.13. The second-order valence-corrected chi connectivity index (χ2v) is 7.46. The molecule has 0 unspecified atom stereocenters. The van der Waals surface area contributed by atoms with E-state index in [4.69, 9.17) is 13.9 Å². The van der Waals surface area contributed by atoms with E-state index in [1.165, 1.54) is 0 Å². The lowest BCUT2D eigenvalue weighted by atomic mass is 9.98. The van der Waals surface area contributed by atoms with Crippen LogP contribution in [0.4, 0.5) is 0 Å². The molecule has 0 aliphatic heterocycles. The molecule has 0 saturated heterocycles. The van der Waals surface area contributed by atoms with Crippen LogP contribution in [-0.2, 0) is 11.2 Å². The highest BCUT2D eigenvalue weighted by Gasteiger charge is 2.18. The zero-order chi connectivity index (χ0) is 21.8. The Morgan fingerprint density at radius 3 is 2.57 bits per heavy atom. The summed E-state index contributed by atoms with van der Waals surface area (Å²) in [6, 6.07) is 9.90. The molecule has 158 valence electrons. The molecule has 1 amide bonds. The summed E-state index contributed by atoms with van der Waals surface area (Å²) >= 11 is 0. The summed E-state index contributed by atoms with van der Waals surface area (Å²) < 4.78 is 16.8. The zero-order valence-electron chi connectivity index (χ0n) is 18.5. The summed E-state index contributed by atoms with van der Waals surface area (Å²) in [7, 11) is 3.29. The molecular formula is C25H29NO4. The molecule has 3 rings (SSSR count). The van der Waals surface area contributed by atoms with Crippen LogP contribution >= 0.6 is 0 Å². The molecule has 1 N–H and O–H groups in total. The van der Waals surface area contributed by atoms with Crippen molar-refractivity contribution in [3.05, 3.63) is 64.4 Å². The minimum absolute atomic E-state index is 0.129. The highest BCUT2D eigenvalue weighted by atomic mass is 16.5. The van der Waals surface area contributed by atoms with E-state index in [2.05, 4.69) is 5.32 Å². The summed E-state index contributed by atoms with van der Waals surface area (Å²) in [6.07, 6.45) is 2.36. The minimum Gasteiger partial charge on any atom is -0.497 e. The van der Waals surface area contributed by atoms with Crippen molar-refractivity contribution in [1.82, 2.24) is 5.32 Å². The van der Waals surface area contributed by atoms with Crippen molar-refractivity contribution in [2.24, 2.45) is 0 Å². The first-order valence-corrected chi connectivity index (χ1v) is 10.0. The fourth-order valence-corrected chi connectivity index (χ4v) is 3.65. The Hall–Kier alpha value is -3.21. The van der Waals surface area contributed by atoms with Crippen molar-refractivity contribution in [1.29, 1.82) is 0 Å². The summed E-state index contributed by atoms with van der Waals surface area (Å²) in [4.78, 5) is 12.5. The molecule has 5 nitrogen and oxygen atoms in total. The molecule has 0 saturated carbocycles. The zero-order valence-corrected chi connectivity index (χ0v) is 18.5. The van der Waals surface area contributed by atoms with Crippen LogP contribution in [0.2, 0.25) is 0 Å². The van der Waals surface area contributed by atoms with Crippen LogP contribution in [0.15, 0.2) is 40.8 Å². The summed E-state index contributed by atoms with van der Waals surface area (Å²) in [5.74, 6) is 2.31. The molecule has 0 aliphatic carbocycles. The molecule has 5 heteroatoms. The fourth-order valence-electron chi connectivity index (χ4n) is 3.65. The maximum absolute atomic E-state index is 12.5. The van der Waals surface area contributed by atoms with Crippen LogP contribution in [-0.4, -0.2) is 26.7 Å². The Morgan fingerprint density at radius 2 is 1.87 bits per heavy atom. The number of hydrogen-bond acceptors (Lipinski definition) is 4. The monoisotopic (exact) mass is 407 g/mol. The number of carbonyl (C=O) groups is 1. The lowest BCUT2D eigenvalue weighted by Crippen LogP contribution is -2.23. The van der Waals surface area contributed by atoms with Crippen LogP contribution < -0.4 is 14.8 Å². The Labute approximate surface area is 177 Å². The standard InChI is InChI=1S/C25H29NO4/c1-15(12-23(27)26-11-10-19-8-7-9-20(13-19)28-5)21-14-22-16(2)18(4)30-25(22)17(3)24(21)29-6/h7-9,12-14H,10-11H2,1-6H3,(H,26,27)/b15-12+. The molecule has 3 aromatic rings. The Morgan fingerprint density at radius 1 is 1.10 bits per heavy atom. The van der Waals surface area contributed by atoms with Crippen LogP contribution in [0, 0.1) is 20.8 Å². The van der Waals surface area contributed by atoms with Crippen molar-refractivity contribution < 1.29 is 18.7 Å².